The summed E-state index contributed by atoms with van der Waals surface area (Å²) in [5.41, 5.74) is 1.36. The predicted octanol–water partition coefficient (Wildman–Crippen LogP) is 3.28. The number of aliphatic carboxylic acids is 1. The summed E-state index contributed by atoms with van der Waals surface area (Å²) in [6.07, 6.45) is 0.576. The third-order valence-corrected chi connectivity index (χ3v) is 4.26. The zero-order valence-electron chi connectivity index (χ0n) is 15.7. The van der Waals surface area contributed by atoms with Crippen LogP contribution in [0.25, 0.3) is 0 Å². The molecule has 0 aliphatic carbocycles. The van der Waals surface area contributed by atoms with Gasteiger partial charge in [-0.1, -0.05) is 35.9 Å². The third-order valence-electron chi connectivity index (χ3n) is 4.03. The van der Waals surface area contributed by atoms with Crippen molar-refractivity contribution in [3.63, 3.8) is 0 Å². The van der Waals surface area contributed by atoms with Crippen LogP contribution in [0.5, 0.6) is 5.75 Å². The van der Waals surface area contributed by atoms with Crippen LogP contribution in [-0.2, 0) is 20.7 Å². The van der Waals surface area contributed by atoms with Crippen molar-refractivity contribution in [2.75, 3.05) is 26.4 Å². The van der Waals surface area contributed by atoms with Crippen LogP contribution < -0.4 is 10.1 Å². The van der Waals surface area contributed by atoms with Gasteiger partial charge in [-0.2, -0.15) is 0 Å². The number of hydrogen-bond donors (Lipinski definition) is 2. The van der Waals surface area contributed by atoms with Crippen LogP contribution in [0.1, 0.15) is 24.0 Å². The van der Waals surface area contributed by atoms with E-state index < -0.39 is 17.8 Å². The van der Waals surface area contributed by atoms with Crippen molar-refractivity contribution in [3.05, 3.63) is 64.7 Å². The minimum atomic E-state index is -1.29. The van der Waals surface area contributed by atoms with Crippen LogP contribution in [0.2, 0.25) is 5.02 Å². The van der Waals surface area contributed by atoms with Crippen molar-refractivity contribution in [2.24, 2.45) is 0 Å². The first-order chi connectivity index (χ1) is 13.5. The second kappa shape index (κ2) is 11.3. The van der Waals surface area contributed by atoms with E-state index in [1.807, 2.05) is 31.2 Å². The molecule has 0 heterocycles. The van der Waals surface area contributed by atoms with E-state index in [-0.39, 0.29) is 0 Å². The normalized spacial score (nSPS) is 11.6. The number of hydrogen-bond acceptors (Lipinski definition) is 4. The predicted molar refractivity (Wildman–Crippen MR) is 107 cm³/mol. The summed E-state index contributed by atoms with van der Waals surface area (Å²) in [5.74, 6) is -2.32. The quantitative estimate of drug-likeness (QED) is 0.442. The summed E-state index contributed by atoms with van der Waals surface area (Å²) >= 11 is 5.90. The highest BCUT2D eigenvalue weighted by Gasteiger charge is 2.28. The minimum absolute atomic E-state index is 0.327. The first-order valence-corrected chi connectivity index (χ1v) is 9.44. The molecular formula is C21H24ClNO5. The number of halogens is 1. The van der Waals surface area contributed by atoms with Gasteiger partial charge in [0.05, 0.1) is 6.61 Å². The Morgan fingerprint density at radius 2 is 1.89 bits per heavy atom. The molecule has 0 saturated heterocycles. The largest absolute Gasteiger partial charge is 0.491 e. The number of amides is 1. The van der Waals surface area contributed by atoms with E-state index in [0.29, 0.717) is 43.4 Å². The minimum Gasteiger partial charge on any atom is -0.491 e. The molecular weight excluding hydrogens is 382 g/mol. The van der Waals surface area contributed by atoms with E-state index in [1.54, 1.807) is 18.2 Å². The van der Waals surface area contributed by atoms with Crippen LogP contribution in [0.4, 0.5) is 0 Å². The Hall–Kier alpha value is -2.57. The average Bonchev–Trinajstić information content (AvgIpc) is 2.66. The van der Waals surface area contributed by atoms with Gasteiger partial charge < -0.3 is 19.9 Å². The lowest BCUT2D eigenvalue weighted by Crippen LogP contribution is -2.34. The maximum absolute atomic E-state index is 12.3. The Bertz CT molecular complexity index is 779. The second-order valence-electron chi connectivity index (χ2n) is 6.06. The van der Waals surface area contributed by atoms with Crippen molar-refractivity contribution < 1.29 is 24.2 Å². The molecule has 0 aromatic heterocycles. The zero-order chi connectivity index (χ0) is 20.4. The molecule has 2 aromatic rings. The van der Waals surface area contributed by atoms with Gasteiger partial charge >= 0.3 is 5.97 Å². The number of benzene rings is 2. The molecule has 28 heavy (non-hydrogen) atoms. The second-order valence-corrected chi connectivity index (χ2v) is 6.49. The lowest BCUT2D eigenvalue weighted by atomic mass is 9.98. The summed E-state index contributed by atoms with van der Waals surface area (Å²) in [4.78, 5) is 23.9. The maximum atomic E-state index is 12.3. The summed E-state index contributed by atoms with van der Waals surface area (Å²) in [7, 11) is 0. The Morgan fingerprint density at radius 3 is 2.54 bits per heavy atom. The van der Waals surface area contributed by atoms with Crippen molar-refractivity contribution in [1.82, 2.24) is 5.32 Å². The first kappa shape index (κ1) is 21.7. The van der Waals surface area contributed by atoms with Crippen LogP contribution in [0, 0.1) is 0 Å². The number of nitrogens with one attached hydrogen (secondary N) is 1. The monoisotopic (exact) mass is 405 g/mol. The molecule has 1 amide bonds. The smallest absolute Gasteiger partial charge is 0.320 e. The standard InChI is InChI=1S/C21H24ClNO5/c1-2-27-12-13-28-18-8-6-15(7-9-18)10-11-23-20(24)19(21(25)26)16-4-3-5-17(22)14-16/h3-9,14,19H,2,10-13H2,1H3,(H,23,24)(H,25,26). The van der Waals surface area contributed by atoms with Gasteiger partial charge in [-0.05, 0) is 48.7 Å². The third kappa shape index (κ3) is 6.87. The highest BCUT2D eigenvalue weighted by Crippen LogP contribution is 2.20. The number of rotatable bonds is 11. The van der Waals surface area contributed by atoms with Gasteiger partial charge in [-0.3, -0.25) is 9.59 Å². The van der Waals surface area contributed by atoms with Crippen LogP contribution >= 0.6 is 11.6 Å². The van der Waals surface area contributed by atoms with E-state index in [2.05, 4.69) is 5.32 Å². The SMILES string of the molecule is CCOCCOc1ccc(CCNC(=O)C(C(=O)O)c2cccc(Cl)c2)cc1. The van der Waals surface area contributed by atoms with Crippen LogP contribution in [0.3, 0.4) is 0 Å². The summed E-state index contributed by atoms with van der Waals surface area (Å²) in [5, 5.41) is 12.5. The highest BCUT2D eigenvalue weighted by atomic mass is 35.5. The van der Waals surface area contributed by atoms with Gasteiger partial charge in [0.2, 0.25) is 5.91 Å². The molecule has 0 fully saturated rings. The molecule has 0 spiro atoms. The Kier molecular flexibility index (Phi) is 8.78. The first-order valence-electron chi connectivity index (χ1n) is 9.06. The average molecular weight is 406 g/mol. The fraction of sp³-hybridized carbons (Fsp3) is 0.333. The molecule has 0 radical (unpaired) electrons. The Balaban J connectivity index is 1.84. The molecule has 1 unspecified atom stereocenters. The molecule has 0 aliphatic heterocycles. The van der Waals surface area contributed by atoms with Crippen molar-refractivity contribution in [3.8, 4) is 5.75 Å². The number of carboxylic acid groups (broad SMARTS) is 1. The number of carbonyl (C=O) groups is 2. The van der Waals surface area contributed by atoms with Crippen molar-refractivity contribution in [1.29, 1.82) is 0 Å². The topological polar surface area (TPSA) is 84.9 Å². The molecule has 1 atom stereocenters. The van der Waals surface area contributed by atoms with E-state index >= 15 is 0 Å². The van der Waals surface area contributed by atoms with Gasteiger partial charge in [-0.25, -0.2) is 0 Å². The maximum Gasteiger partial charge on any atom is 0.320 e. The zero-order valence-corrected chi connectivity index (χ0v) is 16.4. The fourth-order valence-corrected chi connectivity index (χ4v) is 2.84. The summed E-state index contributed by atoms with van der Waals surface area (Å²) in [6, 6.07) is 13.9. The molecule has 0 bridgehead atoms. The van der Waals surface area contributed by atoms with E-state index in [4.69, 9.17) is 21.1 Å². The molecule has 2 aromatic carbocycles. The Labute approximate surface area is 169 Å². The molecule has 2 N–H and O–H groups in total. The molecule has 0 saturated carbocycles. The van der Waals surface area contributed by atoms with Crippen LogP contribution in [0.15, 0.2) is 48.5 Å². The molecule has 2 rings (SSSR count). The molecule has 150 valence electrons. The van der Waals surface area contributed by atoms with Crippen LogP contribution in [-0.4, -0.2) is 43.3 Å². The van der Waals surface area contributed by atoms with Crippen molar-refractivity contribution >= 4 is 23.5 Å². The molecule has 0 aliphatic rings. The van der Waals surface area contributed by atoms with Gasteiger partial charge in [-0.15, -0.1) is 0 Å². The van der Waals surface area contributed by atoms with Gasteiger partial charge in [0, 0.05) is 18.2 Å². The lowest BCUT2D eigenvalue weighted by Gasteiger charge is -2.13. The number of carboxylic acids is 1. The summed E-state index contributed by atoms with van der Waals surface area (Å²) in [6.45, 7) is 3.95. The molecule has 7 heteroatoms. The van der Waals surface area contributed by atoms with Gasteiger partial charge in [0.25, 0.3) is 0 Å². The molecule has 6 nitrogen and oxygen atoms in total. The fourth-order valence-electron chi connectivity index (χ4n) is 2.64. The highest BCUT2D eigenvalue weighted by molar-refractivity contribution is 6.30. The van der Waals surface area contributed by atoms with Gasteiger partial charge in [0.15, 0.2) is 5.92 Å². The van der Waals surface area contributed by atoms with Crippen molar-refractivity contribution in [2.45, 2.75) is 19.3 Å². The Morgan fingerprint density at radius 1 is 1.14 bits per heavy atom. The van der Waals surface area contributed by atoms with Gasteiger partial charge in [0.1, 0.15) is 12.4 Å². The number of ether oxygens (including phenoxy) is 2. The number of carbonyl (C=O) groups excluding carboxylic acids is 1. The van der Waals surface area contributed by atoms with E-state index in [1.165, 1.54) is 6.07 Å². The van der Waals surface area contributed by atoms with E-state index in [9.17, 15) is 14.7 Å². The lowest BCUT2D eigenvalue weighted by molar-refractivity contribution is -0.143. The summed E-state index contributed by atoms with van der Waals surface area (Å²) < 4.78 is 10.8. The van der Waals surface area contributed by atoms with E-state index in [0.717, 1.165) is 11.3 Å².